The average Bonchev–Trinajstić information content (AvgIpc) is 3.61. The highest BCUT2D eigenvalue weighted by Gasteiger charge is 2.47. The number of ether oxygens (including phenoxy) is 2. The van der Waals surface area contributed by atoms with Gasteiger partial charge >= 0.3 is 5.97 Å². The van der Waals surface area contributed by atoms with E-state index in [0.29, 0.717) is 34.6 Å². The lowest BCUT2D eigenvalue weighted by Crippen LogP contribution is -2.31. The number of nitrogens with zero attached hydrogens (tertiary/aromatic N) is 2. The summed E-state index contributed by atoms with van der Waals surface area (Å²) in [6, 6.07) is 14.6. The van der Waals surface area contributed by atoms with Crippen molar-refractivity contribution < 1.29 is 33.4 Å². The predicted molar refractivity (Wildman–Crippen MR) is 141 cm³/mol. The van der Waals surface area contributed by atoms with Crippen molar-refractivity contribution >= 4 is 45.1 Å². The average molecular weight is 533 g/mol. The van der Waals surface area contributed by atoms with E-state index in [-0.39, 0.29) is 21.3 Å². The molecule has 0 saturated heterocycles. The van der Waals surface area contributed by atoms with Crippen LogP contribution in [-0.4, -0.2) is 41.5 Å². The van der Waals surface area contributed by atoms with E-state index in [1.165, 1.54) is 12.0 Å². The van der Waals surface area contributed by atoms with E-state index < -0.39 is 29.5 Å². The maximum atomic E-state index is 13.8. The van der Waals surface area contributed by atoms with Crippen molar-refractivity contribution in [2.75, 3.05) is 18.6 Å². The number of amides is 1. The number of aromatic nitrogens is 1. The van der Waals surface area contributed by atoms with Crippen molar-refractivity contribution in [2.45, 2.75) is 26.3 Å². The van der Waals surface area contributed by atoms with Crippen molar-refractivity contribution in [1.82, 2.24) is 4.98 Å². The van der Waals surface area contributed by atoms with Crippen molar-refractivity contribution in [2.24, 2.45) is 0 Å². The van der Waals surface area contributed by atoms with E-state index in [1.54, 1.807) is 55.5 Å². The lowest BCUT2D eigenvalue weighted by Gasteiger charge is -2.24. The van der Waals surface area contributed by atoms with Gasteiger partial charge in [-0.25, -0.2) is 9.78 Å². The van der Waals surface area contributed by atoms with Gasteiger partial charge in [0.25, 0.3) is 5.91 Å². The van der Waals surface area contributed by atoms with Crippen LogP contribution < -0.4 is 9.64 Å². The molecule has 1 aliphatic rings. The number of carbonyl (C=O) groups is 3. The number of methoxy groups -OCH3 is 1. The molecule has 5 rings (SSSR count). The summed E-state index contributed by atoms with van der Waals surface area (Å²) in [5.74, 6) is -2.14. The largest absolute Gasteiger partial charge is 0.503 e. The van der Waals surface area contributed by atoms with Crippen LogP contribution in [0.25, 0.3) is 11.0 Å². The first-order valence-corrected chi connectivity index (χ1v) is 12.7. The number of aliphatic hydroxyl groups excluding tert-OH is 1. The fourth-order valence-corrected chi connectivity index (χ4v) is 5.32. The number of esters is 1. The molecule has 0 fully saturated rings. The molecule has 1 aliphatic heterocycles. The summed E-state index contributed by atoms with van der Waals surface area (Å²) in [5.41, 5.74) is 1.26. The van der Waals surface area contributed by atoms with Gasteiger partial charge in [-0.2, -0.15) is 0 Å². The van der Waals surface area contributed by atoms with Gasteiger partial charge in [-0.05, 0) is 43.2 Å². The lowest BCUT2D eigenvalue weighted by atomic mass is 9.95. The fraction of sp³-hybridized carbons (Fsp3) is 0.214. The highest BCUT2D eigenvalue weighted by atomic mass is 32.1. The van der Waals surface area contributed by atoms with Crippen LogP contribution in [0.3, 0.4) is 0 Å². The number of carbonyl (C=O) groups excluding carboxylic acids is 3. The maximum Gasteiger partial charge on any atom is 0.350 e. The van der Waals surface area contributed by atoms with E-state index in [2.05, 4.69) is 4.98 Å². The van der Waals surface area contributed by atoms with Crippen LogP contribution in [0.4, 0.5) is 5.13 Å². The summed E-state index contributed by atoms with van der Waals surface area (Å²) < 4.78 is 16.3. The zero-order valence-corrected chi connectivity index (χ0v) is 21.7. The quantitative estimate of drug-likeness (QED) is 0.232. The van der Waals surface area contributed by atoms with Crippen LogP contribution in [0.1, 0.15) is 50.9 Å². The van der Waals surface area contributed by atoms with Crippen molar-refractivity contribution in [3.05, 3.63) is 87.8 Å². The van der Waals surface area contributed by atoms with Gasteiger partial charge in [-0.15, -0.1) is 0 Å². The SMILES string of the molecule is CCCOc1ccc(C2C(C(=O)c3cc4ccccc4o3)=C(O)C(=O)N2c2nc(C)c(C(=O)OC)s2)cc1. The van der Waals surface area contributed by atoms with Gasteiger partial charge < -0.3 is 19.0 Å². The second-order valence-electron chi connectivity index (χ2n) is 8.64. The van der Waals surface area contributed by atoms with Crippen LogP contribution in [0, 0.1) is 6.92 Å². The van der Waals surface area contributed by atoms with Crippen LogP contribution in [0.2, 0.25) is 0 Å². The first kappa shape index (κ1) is 25.2. The standard InChI is InChI=1S/C28H24N2O7S/c1-4-13-36-18-11-9-16(10-12-18)22-21(23(31)20-14-17-7-5-6-8-19(17)37-20)24(32)26(33)30(22)28-29-15(2)25(38-28)27(34)35-3/h5-12,14,22,32H,4,13H2,1-3H3. The van der Waals surface area contributed by atoms with Gasteiger partial charge in [0.2, 0.25) is 5.78 Å². The number of rotatable bonds is 8. The number of ketones is 1. The third kappa shape index (κ3) is 4.32. The van der Waals surface area contributed by atoms with Gasteiger partial charge in [0.05, 0.1) is 31.0 Å². The Morgan fingerprint density at radius 1 is 1.16 bits per heavy atom. The molecule has 0 spiro atoms. The lowest BCUT2D eigenvalue weighted by molar-refractivity contribution is -0.117. The third-order valence-corrected chi connectivity index (χ3v) is 7.27. The molecule has 194 valence electrons. The molecule has 0 aliphatic carbocycles. The molecule has 2 aromatic carbocycles. The Labute approximate surface area is 221 Å². The molecule has 0 bridgehead atoms. The summed E-state index contributed by atoms with van der Waals surface area (Å²) >= 11 is 0.944. The number of aliphatic hydroxyl groups is 1. The minimum absolute atomic E-state index is 0.0131. The molecule has 1 unspecified atom stereocenters. The van der Waals surface area contributed by atoms with Crippen LogP contribution in [-0.2, 0) is 9.53 Å². The first-order valence-electron chi connectivity index (χ1n) is 11.9. The molecular weight excluding hydrogens is 508 g/mol. The number of Topliss-reactive ketones (excluding diaryl/α,β-unsaturated/α-hetero) is 1. The number of furan rings is 1. The summed E-state index contributed by atoms with van der Waals surface area (Å²) in [6.07, 6.45) is 0.839. The maximum absolute atomic E-state index is 13.8. The van der Waals surface area contributed by atoms with Crippen molar-refractivity contribution in [1.29, 1.82) is 0 Å². The summed E-state index contributed by atoms with van der Waals surface area (Å²) in [6.45, 7) is 4.16. The predicted octanol–water partition coefficient (Wildman–Crippen LogP) is 5.56. The fourth-order valence-electron chi connectivity index (χ4n) is 4.31. The smallest absolute Gasteiger partial charge is 0.350 e. The summed E-state index contributed by atoms with van der Waals surface area (Å²) in [7, 11) is 1.25. The van der Waals surface area contributed by atoms with E-state index in [0.717, 1.165) is 17.8 Å². The van der Waals surface area contributed by atoms with Crippen LogP contribution >= 0.6 is 11.3 Å². The van der Waals surface area contributed by atoms with Gasteiger partial charge in [-0.3, -0.25) is 14.5 Å². The number of aryl methyl sites for hydroxylation is 1. The highest BCUT2D eigenvalue weighted by molar-refractivity contribution is 7.17. The zero-order valence-electron chi connectivity index (χ0n) is 20.9. The molecule has 38 heavy (non-hydrogen) atoms. The minimum atomic E-state index is -1.03. The van der Waals surface area contributed by atoms with Gasteiger partial charge in [0.15, 0.2) is 16.7 Å². The molecule has 0 saturated carbocycles. The molecule has 9 nitrogen and oxygen atoms in total. The van der Waals surface area contributed by atoms with Gasteiger partial charge in [0.1, 0.15) is 16.2 Å². The van der Waals surface area contributed by atoms with E-state index >= 15 is 0 Å². The van der Waals surface area contributed by atoms with Crippen LogP contribution in [0.15, 0.2) is 70.3 Å². The molecule has 1 amide bonds. The summed E-state index contributed by atoms with van der Waals surface area (Å²) in [4.78, 5) is 45.3. The number of thiazole rings is 1. The Morgan fingerprint density at radius 2 is 1.89 bits per heavy atom. The van der Waals surface area contributed by atoms with Crippen molar-refractivity contribution in [3.8, 4) is 5.75 Å². The molecule has 2 aromatic heterocycles. The number of hydrogen-bond acceptors (Lipinski definition) is 9. The third-order valence-electron chi connectivity index (χ3n) is 6.13. The van der Waals surface area contributed by atoms with Crippen LogP contribution in [0.5, 0.6) is 5.75 Å². The van der Waals surface area contributed by atoms with E-state index in [4.69, 9.17) is 13.9 Å². The van der Waals surface area contributed by atoms with E-state index in [1.807, 2.05) is 13.0 Å². The molecule has 4 aromatic rings. The van der Waals surface area contributed by atoms with Gasteiger partial charge in [0, 0.05) is 5.39 Å². The van der Waals surface area contributed by atoms with Crippen molar-refractivity contribution in [3.63, 3.8) is 0 Å². The number of para-hydroxylation sites is 1. The second kappa shape index (κ2) is 10.1. The minimum Gasteiger partial charge on any atom is -0.503 e. The Morgan fingerprint density at radius 3 is 2.58 bits per heavy atom. The van der Waals surface area contributed by atoms with Gasteiger partial charge in [-0.1, -0.05) is 48.6 Å². The number of benzene rings is 2. The molecular formula is C28H24N2O7S. The Balaban J connectivity index is 1.62. The topological polar surface area (TPSA) is 119 Å². The summed E-state index contributed by atoms with van der Waals surface area (Å²) in [5, 5.41) is 11.9. The molecule has 10 heteroatoms. The molecule has 0 radical (unpaired) electrons. The zero-order chi connectivity index (χ0) is 27.0. The number of anilines is 1. The normalized spacial score (nSPS) is 15.4. The van der Waals surface area contributed by atoms with E-state index in [9.17, 15) is 19.5 Å². The Kier molecular flexibility index (Phi) is 6.73. The number of fused-ring (bicyclic) bond motifs is 1. The second-order valence-corrected chi connectivity index (χ2v) is 9.62. The molecule has 1 atom stereocenters. The Bertz CT molecular complexity index is 1550. The number of hydrogen-bond donors (Lipinski definition) is 1. The molecule has 3 heterocycles. The molecule has 1 N–H and O–H groups in total. The monoisotopic (exact) mass is 532 g/mol. The Hall–Kier alpha value is -4.44. The highest BCUT2D eigenvalue weighted by Crippen LogP contribution is 2.44. The first-order chi connectivity index (χ1) is 18.3.